The van der Waals surface area contributed by atoms with Gasteiger partial charge in [0.05, 0.1) is 16.7 Å². The van der Waals surface area contributed by atoms with E-state index in [0.29, 0.717) is 40.1 Å². The van der Waals surface area contributed by atoms with E-state index in [9.17, 15) is 4.79 Å². The SMILES string of the molecule is CN(C)c1nc(N)nc(CSc2nc3ccccc3c(=O)n2CCCc2ccccc2)n1. The van der Waals surface area contributed by atoms with E-state index in [-0.39, 0.29) is 11.5 Å². The molecule has 0 spiro atoms. The molecule has 0 aliphatic rings. The highest BCUT2D eigenvalue weighted by Gasteiger charge is 2.13. The Morgan fingerprint density at radius 2 is 1.72 bits per heavy atom. The lowest BCUT2D eigenvalue weighted by Crippen LogP contribution is -2.24. The molecule has 0 amide bonds. The Morgan fingerprint density at radius 3 is 2.50 bits per heavy atom. The number of hydrogen-bond acceptors (Lipinski definition) is 8. The zero-order valence-electron chi connectivity index (χ0n) is 18.1. The number of rotatable bonds is 8. The summed E-state index contributed by atoms with van der Waals surface area (Å²) in [5, 5.41) is 1.27. The third-order valence-electron chi connectivity index (χ3n) is 4.93. The van der Waals surface area contributed by atoms with Crippen molar-refractivity contribution in [3.8, 4) is 0 Å². The maximum absolute atomic E-state index is 13.2. The van der Waals surface area contributed by atoms with Crippen LogP contribution in [-0.2, 0) is 18.7 Å². The summed E-state index contributed by atoms with van der Waals surface area (Å²) in [5.41, 5.74) is 7.75. The fourth-order valence-electron chi connectivity index (χ4n) is 3.36. The molecule has 0 saturated carbocycles. The van der Waals surface area contributed by atoms with E-state index in [1.807, 2.05) is 56.6 Å². The van der Waals surface area contributed by atoms with Gasteiger partial charge < -0.3 is 10.6 Å². The first kappa shape index (κ1) is 21.8. The zero-order valence-corrected chi connectivity index (χ0v) is 18.9. The Hall–Kier alpha value is -3.46. The standard InChI is InChI=1S/C23H25N7OS/c1-29(2)22-27-19(26-21(24)28-22)15-32-23-25-18-13-7-6-12-17(18)20(31)30(23)14-8-11-16-9-4-3-5-10-16/h3-7,9-10,12-13H,8,11,14-15H2,1-2H3,(H2,24,26,27,28). The van der Waals surface area contributed by atoms with Crippen LogP contribution >= 0.6 is 11.8 Å². The van der Waals surface area contributed by atoms with E-state index >= 15 is 0 Å². The molecule has 8 nitrogen and oxygen atoms in total. The molecule has 2 aromatic carbocycles. The Bertz CT molecular complexity index is 1270. The van der Waals surface area contributed by atoms with Crippen LogP contribution in [0, 0.1) is 0 Å². The highest BCUT2D eigenvalue weighted by Crippen LogP contribution is 2.22. The van der Waals surface area contributed by atoms with Gasteiger partial charge in [-0.3, -0.25) is 9.36 Å². The number of benzene rings is 2. The van der Waals surface area contributed by atoms with Gasteiger partial charge in [0.2, 0.25) is 11.9 Å². The minimum Gasteiger partial charge on any atom is -0.368 e. The summed E-state index contributed by atoms with van der Waals surface area (Å²) in [6.07, 6.45) is 1.72. The summed E-state index contributed by atoms with van der Waals surface area (Å²) in [5.74, 6) is 1.65. The predicted octanol–water partition coefficient (Wildman–Crippen LogP) is 3.15. The summed E-state index contributed by atoms with van der Waals surface area (Å²) >= 11 is 1.43. The van der Waals surface area contributed by atoms with Crippen molar-refractivity contribution in [2.75, 3.05) is 24.7 Å². The van der Waals surface area contributed by atoms with Gasteiger partial charge in [0.25, 0.3) is 5.56 Å². The lowest BCUT2D eigenvalue weighted by Gasteiger charge is -2.14. The molecule has 0 saturated heterocycles. The normalized spacial score (nSPS) is 11.1. The van der Waals surface area contributed by atoms with Crippen LogP contribution in [-0.4, -0.2) is 38.6 Å². The molecular formula is C23H25N7OS. The molecule has 32 heavy (non-hydrogen) atoms. The second-order valence-electron chi connectivity index (χ2n) is 7.55. The summed E-state index contributed by atoms with van der Waals surface area (Å²) in [6, 6.07) is 17.7. The molecule has 0 fully saturated rings. The van der Waals surface area contributed by atoms with Gasteiger partial charge in [-0.15, -0.1) is 0 Å². The third kappa shape index (κ3) is 5.05. The number of nitrogen functional groups attached to an aromatic ring is 1. The lowest BCUT2D eigenvalue weighted by molar-refractivity contribution is 0.563. The van der Waals surface area contributed by atoms with Gasteiger partial charge >= 0.3 is 0 Å². The average Bonchev–Trinajstić information content (AvgIpc) is 2.79. The molecular weight excluding hydrogens is 422 g/mol. The quantitative estimate of drug-likeness (QED) is 0.325. The number of fused-ring (bicyclic) bond motifs is 1. The van der Waals surface area contributed by atoms with Crippen LogP contribution in [0.1, 0.15) is 17.8 Å². The highest BCUT2D eigenvalue weighted by atomic mass is 32.2. The smallest absolute Gasteiger partial charge is 0.262 e. The summed E-state index contributed by atoms with van der Waals surface area (Å²) < 4.78 is 1.76. The molecule has 2 aromatic heterocycles. The molecule has 0 unspecified atom stereocenters. The monoisotopic (exact) mass is 447 g/mol. The van der Waals surface area contributed by atoms with Crippen LogP contribution in [0.25, 0.3) is 10.9 Å². The first-order chi connectivity index (χ1) is 15.5. The number of para-hydroxylation sites is 1. The third-order valence-corrected chi connectivity index (χ3v) is 5.91. The van der Waals surface area contributed by atoms with Gasteiger partial charge in [-0.25, -0.2) is 4.98 Å². The van der Waals surface area contributed by atoms with Crippen LogP contribution < -0.4 is 16.2 Å². The molecule has 0 atom stereocenters. The Labute approximate surface area is 190 Å². The molecule has 164 valence electrons. The summed E-state index contributed by atoms with van der Waals surface area (Å²) in [6.45, 7) is 0.580. The van der Waals surface area contributed by atoms with E-state index in [1.165, 1.54) is 17.3 Å². The van der Waals surface area contributed by atoms with E-state index in [4.69, 9.17) is 10.7 Å². The van der Waals surface area contributed by atoms with Gasteiger partial charge in [0.1, 0.15) is 5.82 Å². The second kappa shape index (κ2) is 9.78. The van der Waals surface area contributed by atoms with Crippen LogP contribution in [0.5, 0.6) is 0 Å². The average molecular weight is 448 g/mol. The lowest BCUT2D eigenvalue weighted by atomic mass is 10.1. The number of nitrogens with zero attached hydrogens (tertiary/aromatic N) is 6. The maximum atomic E-state index is 13.2. The highest BCUT2D eigenvalue weighted by molar-refractivity contribution is 7.98. The van der Waals surface area contributed by atoms with Crippen LogP contribution in [0.4, 0.5) is 11.9 Å². The summed E-state index contributed by atoms with van der Waals surface area (Å²) in [7, 11) is 3.70. The molecule has 4 rings (SSSR count). The van der Waals surface area contributed by atoms with Crippen molar-refractivity contribution in [2.45, 2.75) is 30.3 Å². The first-order valence-corrected chi connectivity index (χ1v) is 11.3. The van der Waals surface area contributed by atoms with Crippen molar-refractivity contribution in [3.05, 3.63) is 76.3 Å². The first-order valence-electron chi connectivity index (χ1n) is 10.4. The van der Waals surface area contributed by atoms with Gasteiger partial charge in [-0.1, -0.05) is 54.2 Å². The predicted molar refractivity (Wildman–Crippen MR) is 129 cm³/mol. The molecule has 0 bridgehead atoms. The zero-order chi connectivity index (χ0) is 22.5. The van der Waals surface area contributed by atoms with Gasteiger partial charge in [-0.2, -0.15) is 15.0 Å². The van der Waals surface area contributed by atoms with Crippen molar-refractivity contribution < 1.29 is 0 Å². The minimum absolute atomic E-state index is 0.0321. The number of anilines is 2. The Kier molecular flexibility index (Phi) is 6.65. The molecule has 4 aromatic rings. The number of thioether (sulfide) groups is 1. The van der Waals surface area contributed by atoms with Crippen molar-refractivity contribution in [1.82, 2.24) is 24.5 Å². The van der Waals surface area contributed by atoms with E-state index < -0.39 is 0 Å². The topological polar surface area (TPSA) is 103 Å². The van der Waals surface area contributed by atoms with Crippen LogP contribution in [0.15, 0.2) is 64.5 Å². The van der Waals surface area contributed by atoms with Crippen molar-refractivity contribution >= 4 is 34.6 Å². The van der Waals surface area contributed by atoms with Gasteiger partial charge in [-0.05, 0) is 30.5 Å². The number of aromatic nitrogens is 5. The molecule has 0 radical (unpaired) electrons. The van der Waals surface area contributed by atoms with E-state index in [2.05, 4.69) is 27.1 Å². The largest absolute Gasteiger partial charge is 0.368 e. The maximum Gasteiger partial charge on any atom is 0.262 e. The number of hydrogen-bond donors (Lipinski definition) is 1. The minimum atomic E-state index is -0.0321. The van der Waals surface area contributed by atoms with Gasteiger partial charge in [0, 0.05) is 20.6 Å². The summed E-state index contributed by atoms with van der Waals surface area (Å²) in [4.78, 5) is 32.6. The van der Waals surface area contributed by atoms with Crippen LogP contribution in [0.2, 0.25) is 0 Å². The Morgan fingerprint density at radius 1 is 0.969 bits per heavy atom. The molecule has 0 aliphatic heterocycles. The van der Waals surface area contributed by atoms with Crippen molar-refractivity contribution in [1.29, 1.82) is 0 Å². The van der Waals surface area contributed by atoms with E-state index in [0.717, 1.165) is 12.8 Å². The molecule has 9 heteroatoms. The van der Waals surface area contributed by atoms with Gasteiger partial charge in [0.15, 0.2) is 5.16 Å². The molecule has 0 aliphatic carbocycles. The molecule has 2 heterocycles. The fraction of sp³-hybridized carbons (Fsp3) is 0.261. The Balaban J connectivity index is 1.60. The number of nitrogens with two attached hydrogens (primary N) is 1. The van der Waals surface area contributed by atoms with Crippen molar-refractivity contribution in [3.63, 3.8) is 0 Å². The fourth-order valence-corrected chi connectivity index (χ4v) is 4.24. The van der Waals surface area contributed by atoms with Crippen molar-refractivity contribution in [2.24, 2.45) is 0 Å². The van der Waals surface area contributed by atoms with Crippen LogP contribution in [0.3, 0.4) is 0 Å². The molecule has 2 N–H and O–H groups in total. The second-order valence-corrected chi connectivity index (χ2v) is 8.49. The number of aryl methyl sites for hydroxylation is 1. The van der Waals surface area contributed by atoms with E-state index in [1.54, 1.807) is 9.47 Å².